The first-order valence-electron chi connectivity index (χ1n) is 13.7. The average molecular weight is 544 g/mol. The number of nitrogens with two attached hydrogens (primary N) is 1. The maximum Gasteiger partial charge on any atom is 0.323 e. The zero-order chi connectivity index (χ0) is 27.8. The molecule has 0 saturated heterocycles. The van der Waals surface area contributed by atoms with Gasteiger partial charge in [0.05, 0.1) is 10.2 Å². The molecular formula is C32H41N5OS. The minimum absolute atomic E-state index is 0.0193. The number of nitrogens with zero attached hydrogens (tertiary/aromatic N) is 3. The predicted octanol–water partition coefficient (Wildman–Crippen LogP) is 6.66. The van der Waals surface area contributed by atoms with Gasteiger partial charge >= 0.3 is 6.03 Å². The third-order valence-corrected chi connectivity index (χ3v) is 8.88. The van der Waals surface area contributed by atoms with E-state index in [2.05, 4.69) is 91.6 Å². The Balaban J connectivity index is 1.53. The van der Waals surface area contributed by atoms with Gasteiger partial charge in [-0.25, -0.2) is 9.78 Å². The zero-order valence-corrected chi connectivity index (χ0v) is 24.3. The fraction of sp³-hybridized carbons (Fsp3) is 0.375. The molecule has 39 heavy (non-hydrogen) atoms. The normalized spacial score (nSPS) is 12.7. The van der Waals surface area contributed by atoms with E-state index in [1.807, 2.05) is 41.3 Å². The van der Waals surface area contributed by atoms with Crippen LogP contribution in [-0.2, 0) is 0 Å². The van der Waals surface area contributed by atoms with Crippen LogP contribution in [0.25, 0.3) is 10.2 Å². The Morgan fingerprint density at radius 1 is 0.923 bits per heavy atom. The van der Waals surface area contributed by atoms with E-state index in [-0.39, 0.29) is 23.4 Å². The van der Waals surface area contributed by atoms with E-state index in [1.165, 1.54) is 22.5 Å². The molecule has 2 amide bonds. The van der Waals surface area contributed by atoms with Crippen LogP contribution in [0.3, 0.4) is 0 Å². The van der Waals surface area contributed by atoms with Crippen molar-refractivity contribution in [1.82, 2.24) is 14.8 Å². The molecule has 6 nitrogen and oxygen atoms in total. The Labute approximate surface area is 236 Å². The number of hydrogen-bond donors (Lipinski definition) is 2. The highest BCUT2D eigenvalue weighted by Gasteiger charge is 2.28. The summed E-state index contributed by atoms with van der Waals surface area (Å²) in [6.07, 6.45) is 0.814. The third-order valence-electron chi connectivity index (χ3n) is 7.93. The number of anilines is 1. The number of urea groups is 1. The fourth-order valence-electron chi connectivity index (χ4n) is 4.83. The van der Waals surface area contributed by atoms with Crippen molar-refractivity contribution in [3.8, 4) is 0 Å². The van der Waals surface area contributed by atoms with Crippen LogP contribution in [0, 0.1) is 5.41 Å². The van der Waals surface area contributed by atoms with Gasteiger partial charge in [-0.1, -0.05) is 98.0 Å². The predicted molar refractivity (Wildman–Crippen MR) is 164 cm³/mol. The lowest BCUT2D eigenvalue weighted by atomic mass is 9.85. The maximum atomic E-state index is 13.7. The van der Waals surface area contributed by atoms with Crippen molar-refractivity contribution in [2.75, 3.05) is 38.5 Å². The molecule has 1 heterocycles. The maximum absolute atomic E-state index is 13.7. The highest BCUT2D eigenvalue weighted by atomic mass is 32.1. The van der Waals surface area contributed by atoms with Crippen LogP contribution in [0.2, 0.25) is 0 Å². The van der Waals surface area contributed by atoms with Crippen molar-refractivity contribution >= 4 is 32.7 Å². The van der Waals surface area contributed by atoms with Gasteiger partial charge in [0.15, 0.2) is 5.13 Å². The van der Waals surface area contributed by atoms with Crippen molar-refractivity contribution in [3.05, 3.63) is 96.1 Å². The number of fused-ring (bicyclic) bond motifs is 1. The molecule has 0 radical (unpaired) electrons. The van der Waals surface area contributed by atoms with Gasteiger partial charge in [-0.2, -0.15) is 0 Å². The second-order valence-corrected chi connectivity index (χ2v) is 11.9. The molecule has 0 bridgehead atoms. The summed E-state index contributed by atoms with van der Waals surface area (Å²) in [4.78, 5) is 22.5. The number of para-hydroxylation sites is 1. The molecule has 0 aliphatic heterocycles. The van der Waals surface area contributed by atoms with Gasteiger partial charge in [-0.15, -0.1) is 0 Å². The number of carbonyl (C=O) groups is 1. The molecule has 1 atom stereocenters. The van der Waals surface area contributed by atoms with Crippen molar-refractivity contribution < 1.29 is 4.79 Å². The van der Waals surface area contributed by atoms with Gasteiger partial charge in [0.25, 0.3) is 0 Å². The van der Waals surface area contributed by atoms with Crippen LogP contribution in [-0.4, -0.2) is 60.1 Å². The second-order valence-electron chi connectivity index (χ2n) is 10.9. The smallest absolute Gasteiger partial charge is 0.323 e. The van der Waals surface area contributed by atoms with E-state index in [0.29, 0.717) is 24.8 Å². The minimum atomic E-state index is -0.118. The van der Waals surface area contributed by atoms with E-state index in [1.54, 1.807) is 0 Å². The summed E-state index contributed by atoms with van der Waals surface area (Å²) in [7, 11) is 2.11. The molecule has 1 aromatic heterocycles. The van der Waals surface area contributed by atoms with Gasteiger partial charge < -0.3 is 15.5 Å². The molecule has 0 aliphatic carbocycles. The number of carbonyl (C=O) groups excluding carboxylic acids is 1. The minimum Gasteiger partial charge on any atom is -0.330 e. The standard InChI is InChI=1S/C32H41N5OS/c1-24(32(2,3)23-33)36(4)21-22-37(31(38)35-30-34-28-17-11-12-18-29(28)39-30)20-19-27(25-13-7-5-8-14-25)26-15-9-6-10-16-26/h5-18,24,27H,19-23,33H2,1-4H3,(H,34,35,38). The average Bonchev–Trinajstić information content (AvgIpc) is 3.37. The SMILES string of the molecule is CC(N(C)CCN(CCC(c1ccccc1)c1ccccc1)C(=O)Nc1nc2ccccc2s1)C(C)(C)CN. The van der Waals surface area contributed by atoms with Crippen molar-refractivity contribution in [3.63, 3.8) is 0 Å². The highest BCUT2D eigenvalue weighted by Crippen LogP contribution is 2.29. The number of benzene rings is 3. The van der Waals surface area contributed by atoms with E-state index in [0.717, 1.165) is 23.2 Å². The molecule has 0 aliphatic rings. The number of likely N-dealkylation sites (N-methyl/N-ethyl adjacent to an activating group) is 1. The Morgan fingerprint density at radius 2 is 1.51 bits per heavy atom. The monoisotopic (exact) mass is 543 g/mol. The Bertz CT molecular complexity index is 1250. The lowest BCUT2D eigenvalue weighted by molar-refractivity contribution is 0.120. The lowest BCUT2D eigenvalue weighted by Crippen LogP contribution is -2.48. The summed E-state index contributed by atoms with van der Waals surface area (Å²) in [6.45, 7) is 9.17. The molecule has 206 valence electrons. The second kappa shape index (κ2) is 13.2. The van der Waals surface area contributed by atoms with Crippen LogP contribution >= 0.6 is 11.3 Å². The Hall–Kier alpha value is -3.26. The van der Waals surface area contributed by atoms with E-state index in [4.69, 9.17) is 5.73 Å². The van der Waals surface area contributed by atoms with Crippen LogP contribution in [0.15, 0.2) is 84.9 Å². The van der Waals surface area contributed by atoms with Gasteiger partial charge in [0, 0.05) is 31.6 Å². The quantitative estimate of drug-likeness (QED) is 0.210. The van der Waals surface area contributed by atoms with Crippen LogP contribution in [0.4, 0.5) is 9.93 Å². The molecular weight excluding hydrogens is 502 g/mol. The van der Waals surface area contributed by atoms with Crippen molar-refractivity contribution in [2.45, 2.75) is 39.2 Å². The molecule has 0 spiro atoms. The molecule has 4 aromatic rings. The van der Waals surface area contributed by atoms with Crippen LogP contribution in [0.5, 0.6) is 0 Å². The molecule has 0 saturated carbocycles. The largest absolute Gasteiger partial charge is 0.330 e. The third kappa shape index (κ3) is 7.44. The highest BCUT2D eigenvalue weighted by molar-refractivity contribution is 7.22. The summed E-state index contributed by atoms with van der Waals surface area (Å²) >= 11 is 1.50. The molecule has 4 rings (SSSR count). The summed E-state index contributed by atoms with van der Waals surface area (Å²) in [5.41, 5.74) is 9.44. The van der Waals surface area contributed by atoms with Crippen LogP contribution < -0.4 is 11.1 Å². The summed E-state index contributed by atoms with van der Waals surface area (Å²) in [5, 5.41) is 3.71. The zero-order valence-electron chi connectivity index (χ0n) is 23.5. The van der Waals surface area contributed by atoms with Gasteiger partial charge in [0.1, 0.15) is 0 Å². The lowest BCUT2D eigenvalue weighted by Gasteiger charge is -2.38. The number of nitrogens with one attached hydrogen (secondary N) is 1. The summed E-state index contributed by atoms with van der Waals surface area (Å²) in [5.74, 6) is 0.193. The topological polar surface area (TPSA) is 74.5 Å². The van der Waals surface area contributed by atoms with Crippen molar-refractivity contribution in [2.24, 2.45) is 11.1 Å². The number of rotatable bonds is 12. The molecule has 3 N–H and O–H groups in total. The van der Waals surface area contributed by atoms with E-state index < -0.39 is 0 Å². The van der Waals surface area contributed by atoms with Gasteiger partial charge in [-0.05, 0) is 55.6 Å². The molecule has 3 aromatic carbocycles. The number of hydrogen-bond acceptors (Lipinski definition) is 5. The molecule has 1 unspecified atom stereocenters. The first-order valence-corrected chi connectivity index (χ1v) is 14.5. The molecule has 0 fully saturated rings. The summed E-state index contributed by atoms with van der Waals surface area (Å²) < 4.78 is 1.06. The van der Waals surface area contributed by atoms with Gasteiger partial charge in [0.2, 0.25) is 0 Å². The molecule has 7 heteroatoms. The Kier molecular flexibility index (Phi) is 9.73. The van der Waals surface area contributed by atoms with Crippen LogP contribution in [0.1, 0.15) is 44.2 Å². The van der Waals surface area contributed by atoms with E-state index >= 15 is 0 Å². The summed E-state index contributed by atoms with van der Waals surface area (Å²) in [6, 6.07) is 29.2. The van der Waals surface area contributed by atoms with Crippen molar-refractivity contribution in [1.29, 1.82) is 0 Å². The fourth-order valence-corrected chi connectivity index (χ4v) is 5.69. The van der Waals surface area contributed by atoms with Gasteiger partial charge in [-0.3, -0.25) is 5.32 Å². The van der Waals surface area contributed by atoms with E-state index in [9.17, 15) is 4.79 Å². The number of thiazole rings is 1. The first kappa shape index (κ1) is 28.7. The number of aromatic nitrogens is 1. The Morgan fingerprint density at radius 3 is 2.10 bits per heavy atom. The number of amides is 2. The first-order chi connectivity index (χ1) is 18.8.